The summed E-state index contributed by atoms with van der Waals surface area (Å²) < 4.78 is 24.6. The van der Waals surface area contributed by atoms with Gasteiger partial charge < -0.3 is 18.9 Å². The molecule has 0 atom stereocenters. The number of hydrogen-bond acceptors (Lipinski definition) is 4. The molecule has 0 radical (unpaired) electrons. The van der Waals surface area contributed by atoms with Crippen LogP contribution in [0.25, 0.3) is 22.0 Å². The van der Waals surface area contributed by atoms with Crippen molar-refractivity contribution in [1.82, 2.24) is 0 Å². The summed E-state index contributed by atoms with van der Waals surface area (Å²) in [7, 11) is 0. The minimum Gasteiger partial charge on any atom is -0.454 e. The smallest absolute Gasteiger partial charge is 0.231 e. The molecule has 3 aliphatic heterocycles. The van der Waals surface area contributed by atoms with Crippen LogP contribution in [-0.2, 0) is 13.0 Å². The largest absolute Gasteiger partial charge is 0.454 e. The SMILES string of the molecule is ClC(Cl)c1c2c3c(ccc2cc2[n+]1CCc1cc4c(cc1-2)OCO4)OCO3. The van der Waals surface area contributed by atoms with Crippen LogP contribution < -0.4 is 23.5 Å². The van der Waals surface area contributed by atoms with E-state index < -0.39 is 4.84 Å². The van der Waals surface area contributed by atoms with Crippen LogP contribution in [0, 0.1) is 0 Å². The van der Waals surface area contributed by atoms with Gasteiger partial charge in [-0.05, 0) is 35.2 Å². The van der Waals surface area contributed by atoms with Crippen molar-refractivity contribution >= 4 is 34.0 Å². The zero-order valence-corrected chi connectivity index (χ0v) is 15.6. The van der Waals surface area contributed by atoms with E-state index in [1.54, 1.807) is 0 Å². The summed E-state index contributed by atoms with van der Waals surface area (Å²) in [6.45, 7) is 1.24. The summed E-state index contributed by atoms with van der Waals surface area (Å²) in [6, 6.07) is 10.2. The summed E-state index contributed by atoms with van der Waals surface area (Å²) in [4.78, 5) is -0.696. The first-order valence-corrected chi connectivity index (χ1v) is 9.58. The summed E-state index contributed by atoms with van der Waals surface area (Å²) in [5.41, 5.74) is 4.23. The van der Waals surface area contributed by atoms with Crippen LogP contribution in [0.4, 0.5) is 0 Å². The third-order valence-electron chi connectivity index (χ3n) is 5.39. The number of hydrogen-bond donors (Lipinski definition) is 0. The summed E-state index contributed by atoms with van der Waals surface area (Å²) >= 11 is 12.9. The second-order valence-corrected chi connectivity index (χ2v) is 7.84. The number of fused-ring (bicyclic) bond motifs is 7. The zero-order chi connectivity index (χ0) is 18.1. The molecule has 3 aliphatic rings. The fourth-order valence-corrected chi connectivity index (χ4v) is 4.67. The summed E-state index contributed by atoms with van der Waals surface area (Å²) in [5.74, 6) is 3.00. The van der Waals surface area contributed by atoms with E-state index in [-0.39, 0.29) is 13.6 Å². The zero-order valence-electron chi connectivity index (χ0n) is 14.1. The molecule has 0 aliphatic carbocycles. The molecule has 0 spiro atoms. The number of aryl methyl sites for hydroxylation is 1. The van der Waals surface area contributed by atoms with E-state index in [1.807, 2.05) is 18.2 Å². The van der Waals surface area contributed by atoms with Crippen molar-refractivity contribution in [3.05, 3.63) is 41.6 Å². The van der Waals surface area contributed by atoms with Gasteiger partial charge in [0, 0.05) is 12.5 Å². The van der Waals surface area contributed by atoms with Crippen molar-refractivity contribution in [3.8, 4) is 34.3 Å². The number of nitrogens with zero attached hydrogens (tertiary/aromatic N) is 1. The van der Waals surface area contributed by atoms with Gasteiger partial charge in [0.05, 0.1) is 10.9 Å². The Morgan fingerprint density at radius 3 is 2.52 bits per heavy atom. The fraction of sp³-hybridized carbons (Fsp3) is 0.250. The second kappa shape index (κ2) is 5.57. The van der Waals surface area contributed by atoms with E-state index >= 15 is 0 Å². The minimum atomic E-state index is -0.696. The molecule has 0 saturated carbocycles. The average molecular weight is 403 g/mol. The predicted molar refractivity (Wildman–Crippen MR) is 100.0 cm³/mol. The molecule has 0 unspecified atom stereocenters. The first-order chi connectivity index (χ1) is 13.2. The van der Waals surface area contributed by atoms with Crippen LogP contribution in [-0.4, -0.2) is 13.6 Å². The molecular weight excluding hydrogens is 389 g/mol. The van der Waals surface area contributed by atoms with Gasteiger partial charge >= 0.3 is 0 Å². The molecule has 0 N–H and O–H groups in total. The molecule has 27 heavy (non-hydrogen) atoms. The number of rotatable bonds is 1. The van der Waals surface area contributed by atoms with Gasteiger partial charge in [-0.1, -0.05) is 23.2 Å². The number of aromatic nitrogens is 1. The Balaban J connectivity index is 1.69. The lowest BCUT2D eigenvalue weighted by Crippen LogP contribution is -2.44. The molecule has 3 aromatic rings. The Bertz CT molecular complexity index is 1130. The number of benzene rings is 2. The standard InChI is InChI=1S/C20H14Cl2NO4/c21-20(22)18-17-11(1-2-14-19(17)27-9-24-14)5-13-12-7-16-15(25-8-26-16)6-10(12)3-4-23(13)18/h1-2,5-7,20H,3-4,8-9H2/q+1. The minimum absolute atomic E-state index is 0.206. The van der Waals surface area contributed by atoms with Gasteiger partial charge in [-0.2, -0.15) is 4.57 Å². The molecule has 7 heteroatoms. The van der Waals surface area contributed by atoms with Gasteiger partial charge in [0.1, 0.15) is 0 Å². The van der Waals surface area contributed by atoms with Crippen molar-refractivity contribution in [1.29, 1.82) is 0 Å². The van der Waals surface area contributed by atoms with Crippen molar-refractivity contribution in [2.45, 2.75) is 17.8 Å². The Labute approximate surface area is 164 Å². The third kappa shape index (κ3) is 2.15. The lowest BCUT2D eigenvalue weighted by Gasteiger charge is -2.20. The lowest BCUT2D eigenvalue weighted by atomic mass is 9.94. The Morgan fingerprint density at radius 2 is 1.67 bits per heavy atom. The molecular formula is C20H14Cl2NO4+. The molecule has 4 heterocycles. The van der Waals surface area contributed by atoms with Crippen LogP contribution in [0.15, 0.2) is 30.3 Å². The van der Waals surface area contributed by atoms with Gasteiger partial charge in [-0.15, -0.1) is 0 Å². The van der Waals surface area contributed by atoms with Crippen LogP contribution in [0.1, 0.15) is 16.1 Å². The highest BCUT2D eigenvalue weighted by Gasteiger charge is 2.35. The monoisotopic (exact) mass is 402 g/mol. The number of halogens is 2. The quantitative estimate of drug-likeness (QED) is 0.449. The molecule has 2 aromatic carbocycles. The van der Waals surface area contributed by atoms with Crippen LogP contribution in [0.3, 0.4) is 0 Å². The maximum absolute atomic E-state index is 6.45. The van der Waals surface area contributed by atoms with Crippen LogP contribution >= 0.6 is 23.2 Å². The Kier molecular flexibility index (Phi) is 3.23. The van der Waals surface area contributed by atoms with E-state index in [1.165, 1.54) is 5.56 Å². The van der Waals surface area contributed by atoms with Gasteiger partial charge in [-0.3, -0.25) is 0 Å². The van der Waals surface area contributed by atoms with Gasteiger partial charge in [0.2, 0.25) is 25.0 Å². The molecule has 136 valence electrons. The maximum atomic E-state index is 6.45. The molecule has 6 rings (SSSR count). The topological polar surface area (TPSA) is 40.8 Å². The molecule has 0 saturated heterocycles. The highest BCUT2D eigenvalue weighted by atomic mass is 35.5. The number of pyridine rings is 1. The van der Waals surface area contributed by atoms with Gasteiger partial charge in [0.15, 0.2) is 34.4 Å². The molecule has 0 fully saturated rings. The molecule has 5 nitrogen and oxygen atoms in total. The van der Waals surface area contributed by atoms with Crippen molar-refractivity contribution in [2.24, 2.45) is 0 Å². The molecule has 0 amide bonds. The van der Waals surface area contributed by atoms with E-state index in [2.05, 4.69) is 16.7 Å². The molecule has 0 bridgehead atoms. The maximum Gasteiger partial charge on any atom is 0.231 e. The molecule has 1 aromatic heterocycles. The summed E-state index contributed by atoms with van der Waals surface area (Å²) in [6.07, 6.45) is 0.856. The number of ether oxygens (including phenoxy) is 4. The first-order valence-electron chi connectivity index (χ1n) is 8.71. The Morgan fingerprint density at radius 1 is 0.889 bits per heavy atom. The van der Waals surface area contributed by atoms with E-state index in [0.29, 0.717) is 5.75 Å². The van der Waals surface area contributed by atoms with Gasteiger partial charge in [-0.25, -0.2) is 0 Å². The van der Waals surface area contributed by atoms with Crippen molar-refractivity contribution in [2.75, 3.05) is 13.6 Å². The van der Waals surface area contributed by atoms with Crippen LogP contribution in [0.5, 0.6) is 23.0 Å². The van der Waals surface area contributed by atoms with Crippen LogP contribution in [0.2, 0.25) is 0 Å². The fourth-order valence-electron chi connectivity index (χ4n) is 4.21. The van der Waals surface area contributed by atoms with Crippen molar-refractivity contribution < 1.29 is 23.5 Å². The van der Waals surface area contributed by atoms with E-state index in [0.717, 1.165) is 57.9 Å². The highest BCUT2D eigenvalue weighted by Crippen LogP contribution is 2.46. The first kappa shape index (κ1) is 15.7. The Hall–Kier alpha value is -2.37. The van der Waals surface area contributed by atoms with Crippen molar-refractivity contribution in [3.63, 3.8) is 0 Å². The second-order valence-electron chi connectivity index (χ2n) is 6.74. The lowest BCUT2D eigenvalue weighted by molar-refractivity contribution is -0.692. The van der Waals surface area contributed by atoms with E-state index in [4.69, 9.17) is 42.1 Å². The third-order valence-corrected chi connectivity index (χ3v) is 5.80. The number of alkyl halides is 2. The normalized spacial score (nSPS) is 16.0. The predicted octanol–water partition coefficient (Wildman–Crippen LogP) is 4.28. The highest BCUT2D eigenvalue weighted by molar-refractivity contribution is 6.44. The average Bonchev–Trinajstić information content (AvgIpc) is 3.32. The van der Waals surface area contributed by atoms with Gasteiger partial charge in [0.25, 0.3) is 0 Å². The summed E-state index contributed by atoms with van der Waals surface area (Å²) in [5, 5.41) is 1.92. The van der Waals surface area contributed by atoms with E-state index in [9.17, 15) is 0 Å².